The summed E-state index contributed by atoms with van der Waals surface area (Å²) in [5.74, 6) is 0. The summed E-state index contributed by atoms with van der Waals surface area (Å²) >= 11 is 17.6. The van der Waals surface area contributed by atoms with E-state index < -0.39 is 0 Å². The van der Waals surface area contributed by atoms with Crippen molar-refractivity contribution in [3.63, 3.8) is 0 Å². The van der Waals surface area contributed by atoms with Crippen LogP contribution in [0.4, 0.5) is 0 Å². The highest BCUT2D eigenvalue weighted by atomic mass is 35.5. The Kier molecular flexibility index (Phi) is 2.67. The van der Waals surface area contributed by atoms with Crippen LogP contribution in [0.2, 0.25) is 15.1 Å². The molecule has 1 aromatic heterocycles. The van der Waals surface area contributed by atoms with E-state index in [2.05, 4.69) is 4.98 Å². The smallest absolute Gasteiger partial charge is 0.209 e. The van der Waals surface area contributed by atoms with Gasteiger partial charge in [0, 0.05) is 10.7 Å². The molecule has 0 atom stereocenters. The normalized spacial score (nSPS) is 10.9. The highest BCUT2D eigenvalue weighted by molar-refractivity contribution is 6.39. The van der Waals surface area contributed by atoms with Gasteiger partial charge in [-0.1, -0.05) is 34.8 Å². The fourth-order valence-corrected chi connectivity index (χ4v) is 2.16. The van der Waals surface area contributed by atoms with Crippen molar-refractivity contribution in [1.29, 1.82) is 0 Å². The van der Waals surface area contributed by atoms with E-state index in [1.807, 2.05) is 0 Å². The molecule has 0 amide bonds. The van der Waals surface area contributed by atoms with Crippen LogP contribution < -0.4 is 5.43 Å². The van der Waals surface area contributed by atoms with E-state index in [0.29, 0.717) is 26.6 Å². The maximum atomic E-state index is 11.8. The number of halogens is 3. The second-order valence-corrected chi connectivity index (χ2v) is 4.42. The van der Waals surface area contributed by atoms with Gasteiger partial charge in [-0.15, -0.1) is 0 Å². The summed E-state index contributed by atoms with van der Waals surface area (Å²) in [4.78, 5) is 14.8. The molecule has 0 saturated carbocycles. The van der Waals surface area contributed by atoms with Gasteiger partial charge in [0.25, 0.3) is 0 Å². The molecule has 5 heteroatoms. The number of rotatable bonds is 0. The number of nitrogens with one attached hydrogen (secondary N) is 1. The molecule has 0 aliphatic carbocycles. The van der Waals surface area contributed by atoms with E-state index in [0.717, 1.165) is 0 Å². The first-order chi connectivity index (χ1) is 7.00. The van der Waals surface area contributed by atoms with Crippen molar-refractivity contribution in [2.24, 2.45) is 0 Å². The highest BCUT2D eigenvalue weighted by Gasteiger charge is 2.10. The van der Waals surface area contributed by atoms with E-state index in [1.54, 1.807) is 13.0 Å². The number of hydrogen-bond acceptors (Lipinski definition) is 1. The molecule has 15 heavy (non-hydrogen) atoms. The molecule has 2 aromatic rings. The Labute approximate surface area is 101 Å². The Bertz CT molecular complexity index is 604. The van der Waals surface area contributed by atoms with E-state index >= 15 is 0 Å². The van der Waals surface area contributed by atoms with Gasteiger partial charge in [-0.3, -0.25) is 4.79 Å². The number of hydrogen-bond donors (Lipinski definition) is 1. The minimum Gasteiger partial charge on any atom is -0.357 e. The molecule has 1 aromatic carbocycles. The largest absolute Gasteiger partial charge is 0.357 e. The Morgan fingerprint density at radius 3 is 2.53 bits per heavy atom. The van der Waals surface area contributed by atoms with Crippen LogP contribution in [0, 0.1) is 6.92 Å². The lowest BCUT2D eigenvalue weighted by Gasteiger charge is -2.04. The standard InChI is InChI=1S/C10H6Cl3NO/c1-4-9(13)10(15)8-6(12)2-5(11)3-7(8)14-4/h2-3H,1H3,(H,14,15). The number of pyridine rings is 1. The summed E-state index contributed by atoms with van der Waals surface area (Å²) in [7, 11) is 0. The zero-order chi connectivity index (χ0) is 11.2. The number of fused-ring (bicyclic) bond motifs is 1. The van der Waals surface area contributed by atoms with Crippen molar-refractivity contribution in [1.82, 2.24) is 4.98 Å². The molecule has 0 fully saturated rings. The fraction of sp³-hybridized carbons (Fsp3) is 0.100. The van der Waals surface area contributed by atoms with Crippen LogP contribution in [0.15, 0.2) is 16.9 Å². The molecular formula is C10H6Cl3NO. The van der Waals surface area contributed by atoms with Crippen LogP contribution >= 0.6 is 34.8 Å². The van der Waals surface area contributed by atoms with Crippen molar-refractivity contribution in [2.75, 3.05) is 0 Å². The van der Waals surface area contributed by atoms with Crippen LogP contribution in [0.1, 0.15) is 5.69 Å². The summed E-state index contributed by atoms with van der Waals surface area (Å²) in [6.07, 6.45) is 0. The van der Waals surface area contributed by atoms with Gasteiger partial charge in [-0.05, 0) is 19.1 Å². The van der Waals surface area contributed by atoms with Gasteiger partial charge < -0.3 is 4.98 Å². The number of aryl methyl sites for hydroxylation is 1. The van der Waals surface area contributed by atoms with E-state index in [-0.39, 0.29) is 10.5 Å². The van der Waals surface area contributed by atoms with Crippen molar-refractivity contribution < 1.29 is 0 Å². The Balaban J connectivity index is 3.06. The first kappa shape index (κ1) is 10.8. The van der Waals surface area contributed by atoms with Crippen LogP contribution in [-0.4, -0.2) is 4.98 Å². The molecule has 0 saturated heterocycles. The zero-order valence-corrected chi connectivity index (χ0v) is 9.96. The summed E-state index contributed by atoms with van der Waals surface area (Å²) in [6.45, 7) is 1.72. The second kappa shape index (κ2) is 3.71. The molecular weight excluding hydrogens is 256 g/mol. The monoisotopic (exact) mass is 261 g/mol. The lowest BCUT2D eigenvalue weighted by Crippen LogP contribution is -2.06. The quantitative estimate of drug-likeness (QED) is 0.770. The van der Waals surface area contributed by atoms with Crippen LogP contribution in [0.25, 0.3) is 10.9 Å². The average molecular weight is 263 g/mol. The molecule has 0 bridgehead atoms. The predicted molar refractivity (Wildman–Crippen MR) is 64.3 cm³/mol. The molecule has 0 aliphatic rings. The lowest BCUT2D eigenvalue weighted by molar-refractivity contribution is 1.24. The topological polar surface area (TPSA) is 32.9 Å². The second-order valence-electron chi connectivity index (χ2n) is 3.20. The molecule has 0 spiro atoms. The molecule has 1 N–H and O–H groups in total. The Morgan fingerprint density at radius 1 is 1.20 bits per heavy atom. The number of aromatic amines is 1. The molecule has 0 unspecified atom stereocenters. The van der Waals surface area contributed by atoms with Gasteiger partial charge in [0.1, 0.15) is 5.02 Å². The van der Waals surface area contributed by atoms with Crippen molar-refractivity contribution in [3.05, 3.63) is 43.1 Å². The predicted octanol–water partition coefficient (Wildman–Crippen LogP) is 3.80. The maximum absolute atomic E-state index is 11.8. The molecule has 1 heterocycles. The summed E-state index contributed by atoms with van der Waals surface area (Å²) in [5.41, 5.74) is 0.927. The minimum atomic E-state index is -0.274. The summed E-state index contributed by atoms with van der Waals surface area (Å²) < 4.78 is 0. The van der Waals surface area contributed by atoms with Gasteiger partial charge in [0.15, 0.2) is 0 Å². The van der Waals surface area contributed by atoms with E-state index in [4.69, 9.17) is 34.8 Å². The van der Waals surface area contributed by atoms with Gasteiger partial charge >= 0.3 is 0 Å². The van der Waals surface area contributed by atoms with Crippen LogP contribution in [-0.2, 0) is 0 Å². The first-order valence-electron chi connectivity index (χ1n) is 4.18. The average Bonchev–Trinajstić information content (AvgIpc) is 2.13. The highest BCUT2D eigenvalue weighted by Crippen LogP contribution is 2.26. The third kappa shape index (κ3) is 1.73. The molecule has 2 nitrogen and oxygen atoms in total. The third-order valence-corrected chi connectivity index (χ3v) is 3.10. The van der Waals surface area contributed by atoms with E-state index in [1.165, 1.54) is 6.07 Å². The van der Waals surface area contributed by atoms with Crippen molar-refractivity contribution in [3.8, 4) is 0 Å². The molecule has 2 rings (SSSR count). The number of aromatic nitrogens is 1. The van der Waals surface area contributed by atoms with Gasteiger partial charge in [-0.2, -0.15) is 0 Å². The minimum absolute atomic E-state index is 0.159. The fourth-order valence-electron chi connectivity index (χ4n) is 1.44. The van der Waals surface area contributed by atoms with E-state index in [9.17, 15) is 4.79 Å². The zero-order valence-electron chi connectivity index (χ0n) is 7.70. The van der Waals surface area contributed by atoms with Gasteiger partial charge in [-0.25, -0.2) is 0 Å². The third-order valence-electron chi connectivity index (χ3n) is 2.13. The first-order valence-corrected chi connectivity index (χ1v) is 5.31. The van der Waals surface area contributed by atoms with Crippen LogP contribution in [0.5, 0.6) is 0 Å². The molecule has 0 aliphatic heterocycles. The Morgan fingerprint density at radius 2 is 1.87 bits per heavy atom. The summed E-state index contributed by atoms with van der Waals surface area (Å²) in [5, 5.41) is 1.31. The number of benzene rings is 1. The van der Waals surface area contributed by atoms with Crippen molar-refractivity contribution in [2.45, 2.75) is 6.92 Å². The molecule has 78 valence electrons. The van der Waals surface area contributed by atoms with Crippen LogP contribution in [0.3, 0.4) is 0 Å². The maximum Gasteiger partial charge on any atom is 0.209 e. The molecule has 0 radical (unpaired) electrons. The van der Waals surface area contributed by atoms with Gasteiger partial charge in [0.05, 0.1) is 15.9 Å². The SMILES string of the molecule is Cc1[nH]c2cc(Cl)cc(Cl)c2c(=O)c1Cl. The number of H-pyrrole nitrogens is 1. The lowest BCUT2D eigenvalue weighted by atomic mass is 10.2. The summed E-state index contributed by atoms with van der Waals surface area (Å²) in [6, 6.07) is 3.17. The Hall–Kier alpha value is -0.700. The van der Waals surface area contributed by atoms with Gasteiger partial charge in [0.2, 0.25) is 5.43 Å². The van der Waals surface area contributed by atoms with Crippen molar-refractivity contribution >= 4 is 45.7 Å².